The zero-order valence-electron chi connectivity index (χ0n) is 6.10. The van der Waals surface area contributed by atoms with E-state index in [0.717, 1.165) is 0 Å². The summed E-state index contributed by atoms with van der Waals surface area (Å²) in [5.74, 6) is 0.120. The van der Waals surface area contributed by atoms with Crippen LogP contribution in [0.3, 0.4) is 0 Å². The van der Waals surface area contributed by atoms with Crippen LogP contribution in [-0.2, 0) is 5.33 Å². The third kappa shape index (κ3) is 1.91. The highest BCUT2D eigenvalue weighted by Crippen LogP contribution is 2.23. The van der Waals surface area contributed by atoms with Gasteiger partial charge in [0.1, 0.15) is 11.5 Å². The maximum atomic E-state index is 12.3. The molecular formula is C7H7BrF2N2. The molecule has 12 heavy (non-hydrogen) atoms. The number of nitrogen functional groups attached to an aromatic ring is 1. The molecule has 0 radical (unpaired) electrons. The topological polar surface area (TPSA) is 38.9 Å². The summed E-state index contributed by atoms with van der Waals surface area (Å²) in [5, 5.41) is 0.361. The molecule has 2 nitrogen and oxygen atoms in total. The third-order valence-corrected chi connectivity index (χ3v) is 1.99. The van der Waals surface area contributed by atoms with Crippen LogP contribution < -0.4 is 5.73 Å². The van der Waals surface area contributed by atoms with Crippen molar-refractivity contribution in [1.29, 1.82) is 0 Å². The number of hydrogen-bond donors (Lipinski definition) is 1. The van der Waals surface area contributed by atoms with E-state index in [1.807, 2.05) is 0 Å². The fourth-order valence-electron chi connectivity index (χ4n) is 0.821. The van der Waals surface area contributed by atoms with Crippen molar-refractivity contribution in [2.75, 3.05) is 5.73 Å². The molecule has 5 heteroatoms. The van der Waals surface area contributed by atoms with E-state index in [0.29, 0.717) is 10.9 Å². The van der Waals surface area contributed by atoms with Gasteiger partial charge in [-0.1, -0.05) is 22.0 Å². The number of anilines is 1. The van der Waals surface area contributed by atoms with Crippen molar-refractivity contribution in [2.45, 2.75) is 11.8 Å². The maximum absolute atomic E-state index is 12.3. The van der Waals surface area contributed by atoms with E-state index >= 15 is 0 Å². The minimum Gasteiger partial charge on any atom is -0.384 e. The first-order valence-corrected chi connectivity index (χ1v) is 4.36. The molecule has 0 aromatic carbocycles. The molecule has 0 aliphatic rings. The second kappa shape index (κ2) is 3.80. The highest BCUT2D eigenvalue weighted by atomic mass is 79.9. The lowest BCUT2D eigenvalue weighted by Crippen LogP contribution is -2.00. The summed E-state index contributed by atoms with van der Waals surface area (Å²) in [6, 6.07) is 3.04. The second-order valence-corrected chi connectivity index (χ2v) is 2.78. The summed E-state index contributed by atoms with van der Waals surface area (Å²) in [6.45, 7) is 0. The average Bonchev–Trinajstić information content (AvgIpc) is 2.04. The molecule has 0 unspecified atom stereocenters. The van der Waals surface area contributed by atoms with Crippen LogP contribution in [0, 0.1) is 0 Å². The largest absolute Gasteiger partial charge is 0.384 e. The first kappa shape index (κ1) is 9.38. The molecule has 0 aliphatic carbocycles. The molecule has 0 amide bonds. The van der Waals surface area contributed by atoms with Gasteiger partial charge in [-0.2, -0.15) is 0 Å². The van der Waals surface area contributed by atoms with Crippen molar-refractivity contribution < 1.29 is 8.78 Å². The van der Waals surface area contributed by atoms with Crippen molar-refractivity contribution in [3.05, 3.63) is 23.4 Å². The summed E-state index contributed by atoms with van der Waals surface area (Å²) in [6.07, 6.45) is -2.57. The van der Waals surface area contributed by atoms with Gasteiger partial charge in [-0.15, -0.1) is 0 Å². The molecule has 0 atom stereocenters. The molecule has 0 aliphatic heterocycles. The average molecular weight is 237 g/mol. The first-order chi connectivity index (χ1) is 5.65. The second-order valence-electron chi connectivity index (χ2n) is 2.21. The number of rotatable bonds is 2. The number of aromatic nitrogens is 1. The van der Waals surface area contributed by atoms with E-state index in [1.54, 1.807) is 6.07 Å². The number of nitrogens with zero attached hydrogens (tertiary/aromatic N) is 1. The Morgan fingerprint density at radius 2 is 2.17 bits per heavy atom. The molecule has 0 fully saturated rings. The first-order valence-electron chi connectivity index (χ1n) is 3.24. The van der Waals surface area contributed by atoms with Gasteiger partial charge in [0.05, 0.1) is 0 Å². The lowest BCUT2D eigenvalue weighted by Gasteiger charge is -2.05. The molecule has 0 saturated heterocycles. The fraction of sp³-hybridized carbons (Fsp3) is 0.286. The Labute approximate surface area is 76.9 Å². The zero-order chi connectivity index (χ0) is 9.14. The zero-order valence-corrected chi connectivity index (χ0v) is 7.68. The van der Waals surface area contributed by atoms with E-state index < -0.39 is 6.43 Å². The van der Waals surface area contributed by atoms with Gasteiger partial charge in [-0.25, -0.2) is 13.8 Å². The number of nitrogens with two attached hydrogens (primary N) is 1. The Balaban J connectivity index is 3.12. The van der Waals surface area contributed by atoms with Gasteiger partial charge in [0.2, 0.25) is 0 Å². The summed E-state index contributed by atoms with van der Waals surface area (Å²) in [4.78, 5) is 3.54. The molecule has 2 N–H and O–H groups in total. The third-order valence-electron chi connectivity index (χ3n) is 1.38. The van der Waals surface area contributed by atoms with Crippen molar-refractivity contribution in [1.82, 2.24) is 4.98 Å². The van der Waals surface area contributed by atoms with Crippen molar-refractivity contribution >= 4 is 21.7 Å². The molecule has 1 heterocycles. The smallest absolute Gasteiger partial charge is 0.280 e. The van der Waals surface area contributed by atoms with Gasteiger partial charge in [0, 0.05) is 5.33 Å². The SMILES string of the molecule is Nc1ccc(CBr)c(C(F)F)n1. The summed E-state index contributed by atoms with van der Waals surface area (Å²) >= 11 is 3.09. The van der Waals surface area contributed by atoms with Crippen LogP contribution in [0.2, 0.25) is 0 Å². The Hall–Kier alpha value is -0.710. The Kier molecular flexibility index (Phi) is 2.97. The van der Waals surface area contributed by atoms with Crippen LogP contribution in [0.1, 0.15) is 17.7 Å². The Morgan fingerprint density at radius 1 is 1.50 bits per heavy atom. The van der Waals surface area contributed by atoms with E-state index in [4.69, 9.17) is 5.73 Å². The molecule has 1 rings (SSSR count). The van der Waals surface area contributed by atoms with E-state index in [-0.39, 0.29) is 11.5 Å². The van der Waals surface area contributed by atoms with Gasteiger partial charge >= 0.3 is 0 Å². The highest BCUT2D eigenvalue weighted by molar-refractivity contribution is 9.08. The number of halogens is 3. The van der Waals surface area contributed by atoms with Crippen LogP contribution >= 0.6 is 15.9 Å². The number of alkyl halides is 3. The molecule has 0 bridgehead atoms. The van der Waals surface area contributed by atoms with E-state index in [1.165, 1.54) is 6.07 Å². The monoisotopic (exact) mass is 236 g/mol. The molecule has 1 aromatic rings. The predicted molar refractivity (Wildman–Crippen MR) is 46.2 cm³/mol. The summed E-state index contributed by atoms with van der Waals surface area (Å²) in [5.41, 5.74) is 5.49. The van der Waals surface area contributed by atoms with Gasteiger partial charge < -0.3 is 5.73 Å². The van der Waals surface area contributed by atoms with Gasteiger partial charge in [-0.3, -0.25) is 0 Å². The minimum absolute atomic E-state index is 0.120. The fourth-order valence-corrected chi connectivity index (χ4v) is 1.30. The highest BCUT2D eigenvalue weighted by Gasteiger charge is 2.13. The summed E-state index contributed by atoms with van der Waals surface area (Å²) in [7, 11) is 0. The number of hydrogen-bond acceptors (Lipinski definition) is 2. The lowest BCUT2D eigenvalue weighted by molar-refractivity contribution is 0.145. The maximum Gasteiger partial charge on any atom is 0.280 e. The number of pyridine rings is 1. The molecular weight excluding hydrogens is 230 g/mol. The predicted octanol–water partition coefficient (Wildman–Crippen LogP) is 2.50. The standard InChI is InChI=1S/C7H7BrF2N2/c8-3-4-1-2-5(11)12-6(4)7(9)10/h1-2,7H,3H2,(H2,11,12). The minimum atomic E-state index is -2.57. The molecule has 1 aromatic heterocycles. The van der Waals surface area contributed by atoms with Crippen LogP contribution in [0.5, 0.6) is 0 Å². The van der Waals surface area contributed by atoms with Gasteiger partial charge in [0.25, 0.3) is 6.43 Å². The Bertz CT molecular complexity index is 278. The van der Waals surface area contributed by atoms with Crippen LogP contribution in [0.15, 0.2) is 12.1 Å². The molecule has 0 saturated carbocycles. The van der Waals surface area contributed by atoms with Crippen molar-refractivity contribution in [3.8, 4) is 0 Å². The van der Waals surface area contributed by atoms with Gasteiger partial charge in [0.15, 0.2) is 0 Å². The van der Waals surface area contributed by atoms with Crippen LogP contribution in [0.25, 0.3) is 0 Å². The normalized spacial score (nSPS) is 10.7. The van der Waals surface area contributed by atoms with Crippen LogP contribution in [0.4, 0.5) is 14.6 Å². The Morgan fingerprint density at radius 3 is 2.67 bits per heavy atom. The van der Waals surface area contributed by atoms with Crippen LogP contribution in [-0.4, -0.2) is 4.98 Å². The van der Waals surface area contributed by atoms with Crippen molar-refractivity contribution in [2.24, 2.45) is 0 Å². The molecule has 0 spiro atoms. The van der Waals surface area contributed by atoms with Gasteiger partial charge in [-0.05, 0) is 11.6 Å². The van der Waals surface area contributed by atoms with E-state index in [2.05, 4.69) is 20.9 Å². The van der Waals surface area contributed by atoms with E-state index in [9.17, 15) is 8.78 Å². The quantitative estimate of drug-likeness (QED) is 0.802. The summed E-state index contributed by atoms with van der Waals surface area (Å²) < 4.78 is 24.5. The lowest BCUT2D eigenvalue weighted by atomic mass is 10.2. The van der Waals surface area contributed by atoms with Crippen molar-refractivity contribution in [3.63, 3.8) is 0 Å². The molecule has 66 valence electrons.